The Labute approximate surface area is 179 Å². The number of piperidine rings is 1. The average molecular weight is 431 g/mol. The lowest BCUT2D eigenvalue weighted by molar-refractivity contribution is -0.118. The van der Waals surface area contributed by atoms with Crippen molar-refractivity contribution < 1.29 is 19.1 Å². The van der Waals surface area contributed by atoms with E-state index in [1.165, 1.54) is 11.3 Å². The van der Waals surface area contributed by atoms with Crippen molar-refractivity contribution in [1.82, 2.24) is 15.1 Å². The van der Waals surface area contributed by atoms with Gasteiger partial charge >= 0.3 is 0 Å². The van der Waals surface area contributed by atoms with Crippen LogP contribution < -0.4 is 14.8 Å². The van der Waals surface area contributed by atoms with Crippen LogP contribution in [-0.4, -0.2) is 59.1 Å². The summed E-state index contributed by atoms with van der Waals surface area (Å²) in [4.78, 5) is 27.1. The summed E-state index contributed by atoms with van der Waals surface area (Å²) in [5.41, 5.74) is 0.107. The number of hydrogen-bond donors (Lipinski definition) is 1. The van der Waals surface area contributed by atoms with Gasteiger partial charge in [0.2, 0.25) is 11.0 Å². The van der Waals surface area contributed by atoms with E-state index in [1.54, 1.807) is 25.3 Å². The van der Waals surface area contributed by atoms with Crippen LogP contribution in [0.5, 0.6) is 11.5 Å². The van der Waals surface area contributed by atoms with Gasteiger partial charge in [-0.3, -0.25) is 19.8 Å². The number of nitrogens with one attached hydrogen (secondary N) is 1. The monoisotopic (exact) mass is 430 g/mol. The van der Waals surface area contributed by atoms with Gasteiger partial charge in [0, 0.05) is 37.9 Å². The normalized spacial score (nSPS) is 18.2. The summed E-state index contributed by atoms with van der Waals surface area (Å²) in [5, 5.41) is 12.4. The second-order valence-electron chi connectivity index (χ2n) is 8.17. The first-order chi connectivity index (χ1) is 14.4. The predicted molar refractivity (Wildman–Crippen MR) is 114 cm³/mol. The van der Waals surface area contributed by atoms with Gasteiger partial charge in [-0.05, 0) is 12.1 Å². The number of carbonyl (C=O) groups excluding carboxylic acids is 2. The number of methoxy groups -OCH3 is 1. The van der Waals surface area contributed by atoms with E-state index < -0.39 is 5.60 Å². The summed E-state index contributed by atoms with van der Waals surface area (Å²) in [6.45, 7) is 5.75. The SMILES string of the molecule is COc1ccc2c(c1)OC1(CCN(CC(=O)Nc3nnc(C(C)C)s3)CC1)CC2=O. The molecule has 8 nitrogen and oxygen atoms in total. The van der Waals surface area contributed by atoms with Crippen LogP contribution in [0.1, 0.15) is 54.4 Å². The third-order valence-corrected chi connectivity index (χ3v) is 6.75. The zero-order chi connectivity index (χ0) is 21.3. The van der Waals surface area contributed by atoms with E-state index >= 15 is 0 Å². The van der Waals surface area contributed by atoms with Gasteiger partial charge in [-0.2, -0.15) is 0 Å². The lowest BCUT2D eigenvalue weighted by Crippen LogP contribution is -2.52. The molecule has 160 valence electrons. The molecule has 0 bridgehead atoms. The third-order valence-electron chi connectivity index (χ3n) is 5.61. The molecular weight excluding hydrogens is 404 g/mol. The van der Waals surface area contributed by atoms with Gasteiger partial charge in [-0.25, -0.2) is 0 Å². The summed E-state index contributed by atoms with van der Waals surface area (Å²) in [6, 6.07) is 5.32. The summed E-state index contributed by atoms with van der Waals surface area (Å²) >= 11 is 1.41. The third kappa shape index (κ3) is 4.32. The minimum atomic E-state index is -0.505. The van der Waals surface area contributed by atoms with E-state index in [2.05, 4.69) is 20.4 Å². The fraction of sp³-hybridized carbons (Fsp3) is 0.524. The molecule has 1 saturated heterocycles. The number of aromatic nitrogens is 2. The molecule has 1 fully saturated rings. The molecular formula is C21H26N4O4S. The molecule has 30 heavy (non-hydrogen) atoms. The molecule has 1 aromatic carbocycles. The zero-order valence-corrected chi connectivity index (χ0v) is 18.3. The molecule has 1 aromatic heterocycles. The van der Waals surface area contributed by atoms with Gasteiger partial charge in [0.15, 0.2) is 5.78 Å². The first-order valence-electron chi connectivity index (χ1n) is 10.1. The van der Waals surface area contributed by atoms with Crippen molar-refractivity contribution in [2.45, 2.75) is 44.6 Å². The van der Waals surface area contributed by atoms with Gasteiger partial charge in [-0.15, -0.1) is 10.2 Å². The zero-order valence-electron chi connectivity index (χ0n) is 17.4. The van der Waals surface area contributed by atoms with Crippen molar-refractivity contribution >= 4 is 28.2 Å². The fourth-order valence-electron chi connectivity index (χ4n) is 3.88. The first kappa shape index (κ1) is 20.7. The molecule has 1 spiro atoms. The number of hydrogen-bond acceptors (Lipinski definition) is 8. The van der Waals surface area contributed by atoms with Crippen LogP contribution in [0.25, 0.3) is 0 Å². The highest BCUT2D eigenvalue weighted by molar-refractivity contribution is 7.15. The van der Waals surface area contributed by atoms with Crippen LogP contribution in [0.4, 0.5) is 5.13 Å². The highest BCUT2D eigenvalue weighted by Crippen LogP contribution is 2.40. The summed E-state index contributed by atoms with van der Waals surface area (Å²) in [5.74, 6) is 1.55. The molecule has 0 saturated carbocycles. The number of carbonyl (C=O) groups is 2. The highest BCUT2D eigenvalue weighted by atomic mass is 32.1. The Bertz CT molecular complexity index is 950. The first-order valence-corrected chi connectivity index (χ1v) is 10.9. The molecule has 0 unspecified atom stereocenters. The Morgan fingerprint density at radius 3 is 2.77 bits per heavy atom. The van der Waals surface area contributed by atoms with Crippen molar-refractivity contribution in [3.8, 4) is 11.5 Å². The molecule has 0 atom stereocenters. The van der Waals surface area contributed by atoms with Crippen molar-refractivity contribution in [3.05, 3.63) is 28.8 Å². The van der Waals surface area contributed by atoms with Gasteiger partial charge in [0.25, 0.3) is 0 Å². The van der Waals surface area contributed by atoms with E-state index in [-0.39, 0.29) is 24.2 Å². The number of nitrogens with zero attached hydrogens (tertiary/aromatic N) is 3. The Hall–Kier alpha value is -2.52. The van der Waals surface area contributed by atoms with E-state index in [1.807, 2.05) is 13.8 Å². The van der Waals surface area contributed by atoms with Gasteiger partial charge < -0.3 is 9.47 Å². The van der Waals surface area contributed by atoms with Crippen LogP contribution >= 0.6 is 11.3 Å². The number of rotatable bonds is 5. The van der Waals surface area contributed by atoms with Crippen molar-refractivity contribution in [3.63, 3.8) is 0 Å². The second kappa shape index (κ2) is 8.31. The van der Waals surface area contributed by atoms with E-state index in [0.29, 0.717) is 54.5 Å². The maximum atomic E-state index is 12.7. The molecule has 0 aliphatic carbocycles. The van der Waals surface area contributed by atoms with Crippen LogP contribution in [0.2, 0.25) is 0 Å². The fourth-order valence-corrected chi connectivity index (χ4v) is 4.64. The maximum absolute atomic E-state index is 12.7. The van der Waals surface area contributed by atoms with Crippen LogP contribution in [0.3, 0.4) is 0 Å². The van der Waals surface area contributed by atoms with E-state index in [4.69, 9.17) is 9.47 Å². The number of amides is 1. The Kier molecular flexibility index (Phi) is 5.75. The molecule has 3 heterocycles. The minimum absolute atomic E-state index is 0.0994. The Morgan fingerprint density at radius 1 is 1.33 bits per heavy atom. The molecule has 9 heteroatoms. The average Bonchev–Trinajstić information content (AvgIpc) is 3.18. The molecule has 1 amide bonds. The number of likely N-dealkylation sites (tertiary alicyclic amines) is 1. The van der Waals surface area contributed by atoms with E-state index in [9.17, 15) is 9.59 Å². The smallest absolute Gasteiger partial charge is 0.240 e. The predicted octanol–water partition coefficient (Wildman–Crippen LogP) is 3.11. The van der Waals surface area contributed by atoms with Crippen LogP contribution in [-0.2, 0) is 4.79 Å². The number of ether oxygens (including phenoxy) is 2. The number of fused-ring (bicyclic) bond motifs is 1. The quantitative estimate of drug-likeness (QED) is 0.779. The number of ketones is 1. The summed E-state index contributed by atoms with van der Waals surface area (Å²) in [6.07, 6.45) is 1.76. The topological polar surface area (TPSA) is 93.7 Å². The summed E-state index contributed by atoms with van der Waals surface area (Å²) in [7, 11) is 1.59. The van der Waals surface area contributed by atoms with Crippen molar-refractivity contribution in [1.29, 1.82) is 0 Å². The standard InChI is InChI=1S/C21H26N4O4S/c1-13(2)19-23-24-20(30-19)22-18(27)12-25-8-6-21(7-9-25)11-16(26)15-5-4-14(28-3)10-17(15)29-21/h4-5,10,13H,6-9,11-12H2,1-3H3,(H,22,24,27). The largest absolute Gasteiger partial charge is 0.497 e. The van der Waals surface area contributed by atoms with E-state index in [0.717, 1.165) is 5.01 Å². The summed E-state index contributed by atoms with van der Waals surface area (Å²) < 4.78 is 11.6. The van der Waals surface area contributed by atoms with Crippen molar-refractivity contribution in [2.24, 2.45) is 0 Å². The molecule has 2 aliphatic rings. The lowest BCUT2D eigenvalue weighted by atomic mass is 9.82. The highest BCUT2D eigenvalue weighted by Gasteiger charge is 2.43. The molecule has 1 N–H and O–H groups in total. The Morgan fingerprint density at radius 2 is 2.10 bits per heavy atom. The molecule has 2 aliphatic heterocycles. The number of benzene rings is 1. The van der Waals surface area contributed by atoms with Gasteiger partial charge in [0.05, 0.1) is 25.6 Å². The van der Waals surface area contributed by atoms with Crippen molar-refractivity contribution in [2.75, 3.05) is 32.1 Å². The Balaban J connectivity index is 1.34. The van der Waals surface area contributed by atoms with Gasteiger partial charge in [0.1, 0.15) is 22.1 Å². The second-order valence-corrected chi connectivity index (χ2v) is 9.18. The maximum Gasteiger partial charge on any atom is 0.240 e. The lowest BCUT2D eigenvalue weighted by Gasteiger charge is -2.43. The molecule has 2 aromatic rings. The van der Waals surface area contributed by atoms with Crippen LogP contribution in [0.15, 0.2) is 18.2 Å². The molecule has 4 rings (SSSR count). The number of Topliss-reactive ketones (excluding diaryl/α,β-unsaturated/α-hetero) is 1. The van der Waals surface area contributed by atoms with Crippen LogP contribution in [0, 0.1) is 0 Å². The number of anilines is 1. The molecule has 0 radical (unpaired) electrons. The van der Waals surface area contributed by atoms with Gasteiger partial charge in [-0.1, -0.05) is 25.2 Å². The minimum Gasteiger partial charge on any atom is -0.497 e.